The molecule has 0 spiro atoms. The minimum absolute atomic E-state index is 0.0240. The lowest BCUT2D eigenvalue weighted by Crippen LogP contribution is -2.23. The number of nitrogens with two attached hydrogens (primary N) is 1. The molecule has 0 radical (unpaired) electrons. The van der Waals surface area contributed by atoms with Gasteiger partial charge in [-0.15, -0.1) is 0 Å². The average molecular weight is 284 g/mol. The van der Waals surface area contributed by atoms with E-state index in [1.165, 1.54) is 17.7 Å². The van der Waals surface area contributed by atoms with Crippen molar-refractivity contribution in [1.29, 1.82) is 0 Å². The van der Waals surface area contributed by atoms with Gasteiger partial charge in [0.1, 0.15) is 0 Å². The first-order chi connectivity index (χ1) is 10.2. The Balaban J connectivity index is 1.94. The van der Waals surface area contributed by atoms with Crippen LogP contribution in [-0.4, -0.2) is 16.5 Å². The van der Waals surface area contributed by atoms with Crippen molar-refractivity contribution in [3.05, 3.63) is 58.4 Å². The second-order valence-corrected chi connectivity index (χ2v) is 5.13. The zero-order valence-corrected chi connectivity index (χ0v) is 11.5. The van der Waals surface area contributed by atoms with Gasteiger partial charge < -0.3 is 10.6 Å². The number of nitrogens with zero attached hydrogens (tertiary/aromatic N) is 3. The summed E-state index contributed by atoms with van der Waals surface area (Å²) in [4.78, 5) is 16.6. The van der Waals surface area contributed by atoms with E-state index in [1.54, 1.807) is 18.5 Å². The Morgan fingerprint density at radius 3 is 2.71 bits per heavy atom. The van der Waals surface area contributed by atoms with Crippen LogP contribution in [0.2, 0.25) is 0 Å². The molecule has 1 atom stereocenters. The molecule has 2 N–H and O–H groups in total. The Bertz CT molecular complexity index is 660. The quantitative estimate of drug-likeness (QED) is 0.532. The highest BCUT2D eigenvalue weighted by Gasteiger charge is 2.27. The molecule has 1 fully saturated rings. The number of benzene rings is 1. The summed E-state index contributed by atoms with van der Waals surface area (Å²) in [7, 11) is 0. The van der Waals surface area contributed by atoms with Crippen molar-refractivity contribution in [2.24, 2.45) is 0 Å². The van der Waals surface area contributed by atoms with Gasteiger partial charge in [0.2, 0.25) is 0 Å². The van der Waals surface area contributed by atoms with Gasteiger partial charge >= 0.3 is 0 Å². The minimum Gasteiger partial charge on any atom is -0.397 e. The first kappa shape index (κ1) is 13.4. The van der Waals surface area contributed by atoms with Crippen LogP contribution < -0.4 is 10.6 Å². The number of nitro groups is 1. The maximum absolute atomic E-state index is 10.8. The topological polar surface area (TPSA) is 85.3 Å². The summed E-state index contributed by atoms with van der Waals surface area (Å²) in [6, 6.07) is 8.93. The number of non-ortho nitro benzene ring substituents is 1. The van der Waals surface area contributed by atoms with E-state index >= 15 is 0 Å². The van der Waals surface area contributed by atoms with Gasteiger partial charge in [-0.2, -0.15) is 0 Å². The van der Waals surface area contributed by atoms with Crippen LogP contribution in [0.15, 0.2) is 42.7 Å². The van der Waals surface area contributed by atoms with Crippen LogP contribution in [0.3, 0.4) is 0 Å². The molecule has 2 aromatic rings. The largest absolute Gasteiger partial charge is 0.397 e. The highest BCUT2D eigenvalue weighted by molar-refractivity contribution is 5.71. The van der Waals surface area contributed by atoms with Gasteiger partial charge in [0.05, 0.1) is 22.3 Å². The molecule has 6 heteroatoms. The van der Waals surface area contributed by atoms with Crippen molar-refractivity contribution in [1.82, 2.24) is 4.98 Å². The zero-order chi connectivity index (χ0) is 14.8. The Kier molecular flexibility index (Phi) is 3.43. The molecule has 3 rings (SSSR count). The van der Waals surface area contributed by atoms with Crippen molar-refractivity contribution >= 4 is 17.1 Å². The molecule has 108 valence electrons. The molecule has 1 aromatic carbocycles. The lowest BCUT2D eigenvalue weighted by atomic mass is 10.1. The molecule has 1 aliphatic rings. The van der Waals surface area contributed by atoms with Crippen molar-refractivity contribution in [3.63, 3.8) is 0 Å². The molecular weight excluding hydrogens is 268 g/mol. The van der Waals surface area contributed by atoms with E-state index in [1.807, 2.05) is 12.1 Å². The number of pyridine rings is 1. The third kappa shape index (κ3) is 2.52. The van der Waals surface area contributed by atoms with Gasteiger partial charge in [-0.1, -0.05) is 0 Å². The number of nitrogen functional groups attached to an aromatic ring is 1. The molecule has 21 heavy (non-hydrogen) atoms. The summed E-state index contributed by atoms with van der Waals surface area (Å²) in [5.74, 6) is 0. The Morgan fingerprint density at radius 2 is 2.05 bits per heavy atom. The van der Waals surface area contributed by atoms with E-state index in [0.29, 0.717) is 5.69 Å². The molecule has 0 saturated carbocycles. The van der Waals surface area contributed by atoms with Crippen molar-refractivity contribution in [2.45, 2.75) is 18.9 Å². The maximum atomic E-state index is 10.8. The van der Waals surface area contributed by atoms with E-state index in [0.717, 1.165) is 25.1 Å². The third-order valence-electron chi connectivity index (χ3n) is 3.88. The monoisotopic (exact) mass is 284 g/mol. The van der Waals surface area contributed by atoms with Crippen LogP contribution in [0, 0.1) is 10.1 Å². The molecular formula is C15H16N4O2. The summed E-state index contributed by atoms with van der Waals surface area (Å²) in [5.41, 5.74) is 8.55. The van der Waals surface area contributed by atoms with Crippen LogP contribution in [0.5, 0.6) is 0 Å². The van der Waals surface area contributed by atoms with Crippen molar-refractivity contribution in [2.75, 3.05) is 17.2 Å². The lowest BCUT2D eigenvalue weighted by Gasteiger charge is -2.28. The average Bonchev–Trinajstić information content (AvgIpc) is 2.97. The highest BCUT2D eigenvalue weighted by atomic mass is 16.6. The first-order valence-corrected chi connectivity index (χ1v) is 6.87. The first-order valence-electron chi connectivity index (χ1n) is 6.87. The summed E-state index contributed by atoms with van der Waals surface area (Å²) in [6.07, 6.45) is 5.68. The smallest absolute Gasteiger partial charge is 0.271 e. The second-order valence-electron chi connectivity index (χ2n) is 5.13. The van der Waals surface area contributed by atoms with E-state index in [9.17, 15) is 10.1 Å². The van der Waals surface area contributed by atoms with Gasteiger partial charge in [0, 0.05) is 31.1 Å². The SMILES string of the molecule is Nc1cc([N+](=O)[O-])ccc1N1CCCC1c1ccncc1. The van der Waals surface area contributed by atoms with Gasteiger partial charge in [-0.3, -0.25) is 15.1 Å². The summed E-state index contributed by atoms with van der Waals surface area (Å²) in [5, 5.41) is 10.8. The van der Waals surface area contributed by atoms with Crippen molar-refractivity contribution < 1.29 is 4.92 Å². The summed E-state index contributed by atoms with van der Waals surface area (Å²) < 4.78 is 0. The van der Waals surface area contributed by atoms with Gasteiger partial charge in [0.15, 0.2) is 0 Å². The van der Waals surface area contributed by atoms with Gasteiger partial charge in [-0.05, 0) is 36.6 Å². The van der Waals surface area contributed by atoms with Gasteiger partial charge in [0.25, 0.3) is 5.69 Å². The van der Waals surface area contributed by atoms with Crippen LogP contribution >= 0.6 is 0 Å². The molecule has 0 aliphatic carbocycles. The maximum Gasteiger partial charge on any atom is 0.271 e. The number of aromatic nitrogens is 1. The molecule has 6 nitrogen and oxygen atoms in total. The fourth-order valence-corrected chi connectivity index (χ4v) is 2.90. The van der Waals surface area contributed by atoms with E-state index in [4.69, 9.17) is 5.73 Å². The minimum atomic E-state index is -0.426. The second kappa shape index (κ2) is 5.40. The van der Waals surface area contributed by atoms with Crippen LogP contribution in [0.25, 0.3) is 0 Å². The van der Waals surface area contributed by atoms with E-state index < -0.39 is 4.92 Å². The Morgan fingerprint density at radius 1 is 1.29 bits per heavy atom. The Hall–Kier alpha value is -2.63. The molecule has 1 unspecified atom stereocenters. The van der Waals surface area contributed by atoms with E-state index in [-0.39, 0.29) is 11.7 Å². The predicted octanol–water partition coefficient (Wildman–Crippen LogP) is 2.91. The molecule has 1 aromatic heterocycles. The van der Waals surface area contributed by atoms with E-state index in [2.05, 4.69) is 9.88 Å². The number of hydrogen-bond acceptors (Lipinski definition) is 5. The molecule has 0 bridgehead atoms. The third-order valence-corrected chi connectivity index (χ3v) is 3.88. The molecule has 1 saturated heterocycles. The molecule has 0 amide bonds. The normalized spacial score (nSPS) is 17.9. The standard InChI is InChI=1S/C15H16N4O2/c16-13-10-12(19(20)21)3-4-15(13)18-9-1-2-14(18)11-5-7-17-8-6-11/h3-8,10,14H,1-2,9,16H2. The Labute approximate surface area is 122 Å². The fraction of sp³-hybridized carbons (Fsp3) is 0.267. The van der Waals surface area contributed by atoms with Crippen LogP contribution in [0.4, 0.5) is 17.1 Å². The zero-order valence-electron chi connectivity index (χ0n) is 11.5. The molecule has 1 aliphatic heterocycles. The number of hydrogen-bond donors (Lipinski definition) is 1. The number of nitro benzene ring substituents is 1. The number of rotatable bonds is 3. The highest BCUT2D eigenvalue weighted by Crippen LogP contribution is 2.39. The predicted molar refractivity (Wildman–Crippen MR) is 81.1 cm³/mol. The van der Waals surface area contributed by atoms with Crippen LogP contribution in [0.1, 0.15) is 24.4 Å². The van der Waals surface area contributed by atoms with Crippen molar-refractivity contribution in [3.8, 4) is 0 Å². The molecule has 2 heterocycles. The lowest BCUT2D eigenvalue weighted by molar-refractivity contribution is -0.384. The van der Waals surface area contributed by atoms with Gasteiger partial charge in [-0.25, -0.2) is 0 Å². The van der Waals surface area contributed by atoms with Crippen LogP contribution in [-0.2, 0) is 0 Å². The summed E-state index contributed by atoms with van der Waals surface area (Å²) in [6.45, 7) is 0.898. The fourth-order valence-electron chi connectivity index (χ4n) is 2.90. The summed E-state index contributed by atoms with van der Waals surface area (Å²) >= 11 is 0. The number of anilines is 2.